The van der Waals surface area contributed by atoms with E-state index in [1.54, 1.807) is 0 Å². The zero-order chi connectivity index (χ0) is 2.00. The van der Waals surface area contributed by atoms with E-state index >= 15 is 0 Å². The number of hydrogen-bond donors (Lipinski definition) is 0. The predicted octanol–water partition coefficient (Wildman–Crippen LogP) is -2.79. The Hall–Kier alpha value is 2.91. The van der Waals surface area contributed by atoms with Crippen LogP contribution in [0.2, 0.25) is 0 Å². The van der Waals surface area contributed by atoms with Gasteiger partial charge in [0, 0.05) is 75.9 Å². The Morgan fingerprint density at radius 1 is 1.33 bits per heavy atom. The minimum Gasteiger partial charge on any atom is -1.00 e. The van der Waals surface area contributed by atoms with Gasteiger partial charge in [-0.05, 0) is 0 Å². The summed E-state index contributed by atoms with van der Waals surface area (Å²) in [7, 11) is 0. The van der Waals surface area contributed by atoms with Crippen LogP contribution in [-0.4, -0.2) is 0 Å². The van der Waals surface area contributed by atoms with Crippen LogP contribution in [0.25, 0.3) is 0 Å². The van der Waals surface area contributed by atoms with E-state index in [0.717, 1.165) is 0 Å². The number of rotatable bonds is 0. The monoisotopic (exact) mass is 301 g/mol. The van der Waals surface area contributed by atoms with Crippen LogP contribution < -0.4 is 29.6 Å². The van der Waals surface area contributed by atoms with Gasteiger partial charge >= 0.3 is 29.6 Å². The van der Waals surface area contributed by atoms with Gasteiger partial charge in [0.25, 0.3) is 0 Å². The molecule has 0 fully saturated rings. The summed E-state index contributed by atoms with van der Waals surface area (Å²) in [5, 5.41) is 6.25. The zero-order valence-electron chi connectivity index (χ0n) is 4.18. The van der Waals surface area contributed by atoms with Crippen LogP contribution in [0.15, 0.2) is 0 Å². The van der Waals surface area contributed by atoms with Gasteiger partial charge in [-0.25, -0.2) is 0 Å². The zero-order valence-corrected chi connectivity index (χ0v) is 10.6. The van der Waals surface area contributed by atoms with Crippen molar-refractivity contribution >= 4 is 0 Å². The normalized spacial score (nSPS) is 0.333. The van der Waals surface area contributed by atoms with Crippen molar-refractivity contribution in [1.29, 1.82) is 5.26 Å². The first-order valence-electron chi connectivity index (χ1n) is 0.224. The maximum atomic E-state index is 6.25. The first-order valence-corrected chi connectivity index (χ1v) is 0.224. The Morgan fingerprint density at radius 2 is 1.33 bits per heavy atom. The van der Waals surface area contributed by atoms with Crippen molar-refractivity contribution in [2.24, 2.45) is 0 Å². The summed E-state index contributed by atoms with van der Waals surface area (Å²) in [6.45, 7) is 4.75. The summed E-state index contributed by atoms with van der Waals surface area (Å²) in [6, 6.07) is 0. The molecule has 31 valence electrons. The molecule has 0 aliphatic heterocycles. The minimum atomic E-state index is 0. The molecule has 0 saturated heterocycles. The molecule has 0 aliphatic rings. The van der Waals surface area contributed by atoms with Crippen molar-refractivity contribution in [3.05, 3.63) is 6.57 Å². The second-order valence-corrected chi connectivity index (χ2v) is 0. The third-order valence-corrected chi connectivity index (χ3v) is 0. The molecule has 0 bridgehead atoms. The van der Waals surface area contributed by atoms with Crippen LogP contribution in [-0.2, 0) is 34.1 Å². The molecular weight excluding hydrogens is 300 g/mol. The molecule has 0 atom stereocenters. The number of nitrogens with zero attached hydrogens (tertiary/aromatic N) is 1. The summed E-state index contributed by atoms with van der Waals surface area (Å²) < 4.78 is 0. The van der Waals surface area contributed by atoms with Gasteiger partial charge < -0.3 is 13.3 Å². The van der Waals surface area contributed by atoms with Crippen LogP contribution in [0.4, 0.5) is 0 Å². The van der Waals surface area contributed by atoms with Crippen molar-refractivity contribution < 1.29 is 107 Å². The van der Waals surface area contributed by atoms with Gasteiger partial charge in [-0.3, -0.25) is 0 Å². The molecule has 1 radical (unpaired) electrons. The molecule has 0 amide bonds. The summed E-state index contributed by atoms with van der Waals surface area (Å²) in [5.74, 6) is 0. The molecule has 1 nitrogen and oxygen atoms in total. The van der Waals surface area contributed by atoms with Crippen molar-refractivity contribution in [3.63, 3.8) is 0 Å². The molecule has 0 N–H and O–H groups in total. The Kier molecular flexibility index (Phi) is 272. The average Bonchev–Trinajstić information content (AvgIpc) is 1.00. The third-order valence-electron chi connectivity index (χ3n) is 0. The molecule has 0 unspecified atom stereocenters. The van der Waals surface area contributed by atoms with Gasteiger partial charge in [0.05, 0.1) is 0 Å². The van der Waals surface area contributed by atoms with E-state index in [9.17, 15) is 0 Å². The van der Waals surface area contributed by atoms with E-state index < -0.39 is 0 Å². The van der Waals surface area contributed by atoms with Gasteiger partial charge in [-0.15, -0.1) is 0 Å². The quantitative estimate of drug-likeness (QED) is 0.350. The van der Waals surface area contributed by atoms with E-state index in [1.807, 2.05) is 0 Å². The van der Waals surface area contributed by atoms with E-state index in [2.05, 4.69) is 0 Å². The molecule has 5 heteroatoms. The second kappa shape index (κ2) is 44.7. The van der Waals surface area contributed by atoms with Gasteiger partial charge in [0.1, 0.15) is 0 Å². The minimum absolute atomic E-state index is 0. The van der Waals surface area contributed by atoms with E-state index in [-0.39, 0.29) is 107 Å². The maximum Gasteiger partial charge on any atom is 1.00 e. The van der Waals surface area contributed by atoms with Crippen LogP contribution in [0.5, 0.6) is 0 Å². The molecule has 0 aliphatic carbocycles. The van der Waals surface area contributed by atoms with Crippen molar-refractivity contribution in [2.75, 3.05) is 0 Å². The van der Waals surface area contributed by atoms with Gasteiger partial charge in [0.15, 0.2) is 0 Å². The van der Waals surface area contributed by atoms with E-state index in [4.69, 9.17) is 11.8 Å². The Bertz CT molecular complexity index is 24.4. The van der Waals surface area contributed by atoms with Crippen molar-refractivity contribution in [3.8, 4) is 0 Å². The molecule has 0 heterocycles. The summed E-state index contributed by atoms with van der Waals surface area (Å²) in [4.78, 5) is 0. The van der Waals surface area contributed by atoms with Gasteiger partial charge in [-0.2, -0.15) is 0 Å². The standard InChI is InChI=1S/CN.Ce.Fe.Mn.Na.H/c1-2;;;;;/q-1;;;;+1;-1. The van der Waals surface area contributed by atoms with E-state index in [0.29, 0.717) is 0 Å². The molecular formula is CHCeFeMnNNa-. The smallest absolute Gasteiger partial charge is 1.00 e. The topological polar surface area (TPSA) is 23.8 Å². The fourth-order valence-corrected chi connectivity index (χ4v) is 0. The largest absolute Gasteiger partial charge is 1.00 e. The fourth-order valence-electron chi connectivity index (χ4n) is 0. The van der Waals surface area contributed by atoms with E-state index in [1.165, 1.54) is 0 Å². The fraction of sp³-hybridized carbons (Fsp3) is 0. The van der Waals surface area contributed by atoms with Crippen molar-refractivity contribution in [1.82, 2.24) is 0 Å². The first-order chi connectivity index (χ1) is 1.00. The Balaban J connectivity index is -0.000000000500. The SMILES string of the molecule is [C-]#N.[Ce].[Fe].[H-].[Mn].[Na+]. The summed E-state index contributed by atoms with van der Waals surface area (Å²) in [6.07, 6.45) is 0. The second-order valence-electron chi connectivity index (χ2n) is 0. The Labute approximate surface area is 116 Å². The Morgan fingerprint density at radius 3 is 1.33 bits per heavy atom. The third kappa shape index (κ3) is 28.5. The van der Waals surface area contributed by atoms with Gasteiger partial charge in [-0.1, -0.05) is 0 Å². The number of hydrogen-bond acceptors (Lipinski definition) is 1. The average molecular weight is 301 g/mol. The van der Waals surface area contributed by atoms with Crippen LogP contribution >= 0.6 is 0 Å². The van der Waals surface area contributed by atoms with Crippen LogP contribution in [0.1, 0.15) is 1.43 Å². The molecule has 0 aromatic carbocycles. The summed E-state index contributed by atoms with van der Waals surface area (Å²) in [5.41, 5.74) is 0. The molecule has 0 aromatic rings. The van der Waals surface area contributed by atoms with Crippen molar-refractivity contribution in [2.45, 2.75) is 0 Å². The molecule has 0 saturated carbocycles. The molecule has 0 spiro atoms. The molecule has 6 heavy (non-hydrogen) atoms. The maximum absolute atomic E-state index is 6.25. The first kappa shape index (κ1) is 36.5. The molecule has 0 aromatic heterocycles. The van der Waals surface area contributed by atoms with Crippen LogP contribution in [0, 0.1) is 53.6 Å². The summed E-state index contributed by atoms with van der Waals surface area (Å²) >= 11 is 0. The molecule has 0 rings (SSSR count). The predicted molar refractivity (Wildman–Crippen MR) is 6.08 cm³/mol. The van der Waals surface area contributed by atoms with Gasteiger partial charge in [0.2, 0.25) is 0 Å². The van der Waals surface area contributed by atoms with Crippen LogP contribution in [0.3, 0.4) is 0 Å².